The molecule has 2 nitrogen and oxygen atoms in total. The molecule has 1 rings (SSSR count). The molecule has 1 aliphatic rings. The van der Waals surface area contributed by atoms with Crippen molar-refractivity contribution in [1.29, 1.82) is 0 Å². The molecule has 0 amide bonds. The van der Waals surface area contributed by atoms with Crippen molar-refractivity contribution in [3.05, 3.63) is 0 Å². The molecule has 0 aromatic rings. The van der Waals surface area contributed by atoms with Crippen LogP contribution in [0.3, 0.4) is 0 Å². The van der Waals surface area contributed by atoms with Gasteiger partial charge < -0.3 is 10.2 Å². The Bertz CT molecular complexity index is 267. The van der Waals surface area contributed by atoms with Crippen LogP contribution in [0.25, 0.3) is 0 Å². The largest absolute Gasteiger partial charge is 0.314 e. The highest BCUT2D eigenvalue weighted by Gasteiger charge is 2.36. The van der Waals surface area contributed by atoms with Crippen molar-refractivity contribution in [2.24, 2.45) is 17.3 Å². The second-order valence-corrected chi connectivity index (χ2v) is 8.23. The van der Waals surface area contributed by atoms with Gasteiger partial charge in [-0.15, -0.1) is 0 Å². The van der Waals surface area contributed by atoms with Gasteiger partial charge in [-0.05, 0) is 70.4 Å². The van der Waals surface area contributed by atoms with Crippen LogP contribution in [0.4, 0.5) is 0 Å². The van der Waals surface area contributed by atoms with Gasteiger partial charge in [-0.1, -0.05) is 27.7 Å². The molecule has 0 spiro atoms. The van der Waals surface area contributed by atoms with Gasteiger partial charge in [-0.25, -0.2) is 0 Å². The van der Waals surface area contributed by atoms with Crippen molar-refractivity contribution < 1.29 is 0 Å². The van der Waals surface area contributed by atoms with Crippen LogP contribution in [0.1, 0.15) is 67.2 Å². The summed E-state index contributed by atoms with van der Waals surface area (Å²) < 4.78 is 0. The summed E-state index contributed by atoms with van der Waals surface area (Å²) in [7, 11) is 2.28. The first-order valence-electron chi connectivity index (χ1n) is 8.69. The van der Waals surface area contributed by atoms with Crippen LogP contribution >= 0.6 is 0 Å². The summed E-state index contributed by atoms with van der Waals surface area (Å²) >= 11 is 0. The number of rotatable bonds is 6. The van der Waals surface area contributed by atoms with Crippen LogP contribution in [-0.2, 0) is 0 Å². The Balaban J connectivity index is 2.67. The summed E-state index contributed by atoms with van der Waals surface area (Å²) in [5.74, 6) is 1.69. The van der Waals surface area contributed by atoms with Crippen molar-refractivity contribution in [2.45, 2.75) is 79.3 Å². The molecular weight excluding hydrogens is 244 g/mol. The van der Waals surface area contributed by atoms with Gasteiger partial charge in [0.1, 0.15) is 0 Å². The molecule has 0 aromatic heterocycles. The van der Waals surface area contributed by atoms with Gasteiger partial charge in [0.15, 0.2) is 0 Å². The molecular formula is C18H38N2. The lowest BCUT2D eigenvalue weighted by molar-refractivity contribution is 0.0868. The normalized spacial score (nSPS) is 28.4. The minimum atomic E-state index is 0.463. The topological polar surface area (TPSA) is 15.3 Å². The van der Waals surface area contributed by atoms with Gasteiger partial charge in [0.2, 0.25) is 0 Å². The van der Waals surface area contributed by atoms with E-state index >= 15 is 0 Å². The third-order valence-electron chi connectivity index (χ3n) is 5.27. The maximum absolute atomic E-state index is 3.81. The predicted molar refractivity (Wildman–Crippen MR) is 90.1 cm³/mol. The molecule has 1 saturated carbocycles. The third-order valence-corrected chi connectivity index (χ3v) is 5.27. The Labute approximate surface area is 127 Å². The lowest BCUT2D eigenvalue weighted by atomic mass is 9.67. The quantitative estimate of drug-likeness (QED) is 0.787. The lowest BCUT2D eigenvalue weighted by Crippen LogP contribution is -2.48. The molecule has 1 aliphatic carbocycles. The zero-order valence-electron chi connectivity index (χ0n) is 15.0. The smallest absolute Gasteiger partial charge is 0.0108 e. The Kier molecular flexibility index (Phi) is 7.00. The fourth-order valence-electron chi connectivity index (χ4n) is 3.43. The van der Waals surface area contributed by atoms with Gasteiger partial charge in [0, 0.05) is 18.6 Å². The van der Waals surface area contributed by atoms with Crippen molar-refractivity contribution in [3.63, 3.8) is 0 Å². The fraction of sp³-hybridized carbons (Fsp3) is 1.00. The van der Waals surface area contributed by atoms with Gasteiger partial charge in [0.25, 0.3) is 0 Å². The zero-order chi connectivity index (χ0) is 15.3. The molecule has 1 fully saturated rings. The van der Waals surface area contributed by atoms with Crippen LogP contribution in [0, 0.1) is 17.3 Å². The minimum absolute atomic E-state index is 0.463. The molecule has 0 saturated heterocycles. The molecule has 0 aliphatic heterocycles. The highest BCUT2D eigenvalue weighted by atomic mass is 15.1. The van der Waals surface area contributed by atoms with Crippen molar-refractivity contribution in [1.82, 2.24) is 10.2 Å². The van der Waals surface area contributed by atoms with Crippen molar-refractivity contribution in [3.8, 4) is 0 Å². The number of hydrogen-bond acceptors (Lipinski definition) is 2. The molecule has 3 unspecified atom stereocenters. The van der Waals surface area contributed by atoms with E-state index in [1.807, 2.05) is 0 Å². The lowest BCUT2D eigenvalue weighted by Gasteiger charge is -2.44. The SMILES string of the molecule is CCCNC1CCC(C(C)(C)C)CC1CN(C)C(C)C. The van der Waals surface area contributed by atoms with Gasteiger partial charge in [-0.3, -0.25) is 0 Å². The van der Waals surface area contributed by atoms with Crippen LogP contribution < -0.4 is 5.32 Å². The monoisotopic (exact) mass is 282 g/mol. The van der Waals surface area contributed by atoms with Crippen LogP contribution in [-0.4, -0.2) is 37.1 Å². The summed E-state index contributed by atoms with van der Waals surface area (Å²) in [5.41, 5.74) is 0.463. The first kappa shape index (κ1) is 18.0. The molecule has 20 heavy (non-hydrogen) atoms. The molecule has 0 bridgehead atoms. The molecule has 2 heteroatoms. The van der Waals surface area contributed by atoms with Crippen molar-refractivity contribution in [2.75, 3.05) is 20.1 Å². The summed E-state index contributed by atoms with van der Waals surface area (Å²) in [5, 5.41) is 3.81. The van der Waals surface area contributed by atoms with Gasteiger partial charge >= 0.3 is 0 Å². The average Bonchev–Trinajstić information content (AvgIpc) is 2.35. The van der Waals surface area contributed by atoms with Crippen LogP contribution in [0.5, 0.6) is 0 Å². The standard InChI is InChI=1S/C18H38N2/c1-8-11-19-17-10-9-16(18(4,5)6)12-15(17)13-20(7)14(2)3/h14-17,19H,8-13H2,1-7H3. The van der Waals surface area contributed by atoms with Gasteiger partial charge in [0.05, 0.1) is 0 Å². The number of nitrogens with zero attached hydrogens (tertiary/aromatic N) is 1. The molecule has 0 radical (unpaired) electrons. The predicted octanol–water partition coefficient (Wildman–Crippen LogP) is 4.16. The van der Waals surface area contributed by atoms with E-state index in [-0.39, 0.29) is 0 Å². The fourth-order valence-corrected chi connectivity index (χ4v) is 3.43. The van der Waals surface area contributed by atoms with Crippen LogP contribution in [0.2, 0.25) is 0 Å². The maximum atomic E-state index is 3.81. The highest BCUT2D eigenvalue weighted by Crippen LogP contribution is 2.40. The molecule has 0 aromatic carbocycles. The third kappa shape index (κ3) is 5.37. The molecule has 3 atom stereocenters. The molecule has 1 N–H and O–H groups in total. The number of nitrogens with one attached hydrogen (secondary N) is 1. The summed E-state index contributed by atoms with van der Waals surface area (Å²) in [6.45, 7) is 16.5. The Hall–Kier alpha value is -0.0800. The van der Waals surface area contributed by atoms with Gasteiger partial charge in [-0.2, -0.15) is 0 Å². The number of hydrogen-bond donors (Lipinski definition) is 1. The zero-order valence-corrected chi connectivity index (χ0v) is 15.0. The summed E-state index contributed by atoms with van der Waals surface area (Å²) in [6.07, 6.45) is 5.39. The summed E-state index contributed by atoms with van der Waals surface area (Å²) in [4.78, 5) is 2.52. The van der Waals surface area contributed by atoms with E-state index in [4.69, 9.17) is 0 Å². The Morgan fingerprint density at radius 3 is 2.35 bits per heavy atom. The van der Waals surface area contributed by atoms with E-state index in [2.05, 4.69) is 58.8 Å². The van der Waals surface area contributed by atoms with E-state index in [0.29, 0.717) is 11.5 Å². The van der Waals surface area contributed by atoms with E-state index in [0.717, 1.165) is 17.9 Å². The molecule has 120 valence electrons. The van der Waals surface area contributed by atoms with E-state index in [1.165, 1.54) is 38.8 Å². The highest BCUT2D eigenvalue weighted by molar-refractivity contribution is 4.90. The van der Waals surface area contributed by atoms with E-state index in [9.17, 15) is 0 Å². The summed E-state index contributed by atoms with van der Waals surface area (Å²) in [6, 6.07) is 1.38. The van der Waals surface area contributed by atoms with Crippen molar-refractivity contribution >= 4 is 0 Å². The molecule has 0 heterocycles. The average molecular weight is 283 g/mol. The second-order valence-electron chi connectivity index (χ2n) is 8.23. The minimum Gasteiger partial charge on any atom is -0.314 e. The first-order valence-corrected chi connectivity index (χ1v) is 8.69. The van der Waals surface area contributed by atoms with E-state index in [1.54, 1.807) is 0 Å². The maximum Gasteiger partial charge on any atom is 0.0108 e. The Morgan fingerprint density at radius 1 is 1.20 bits per heavy atom. The second kappa shape index (κ2) is 7.79. The van der Waals surface area contributed by atoms with Crippen LogP contribution in [0.15, 0.2) is 0 Å². The first-order chi connectivity index (χ1) is 9.25. The Morgan fingerprint density at radius 2 is 1.85 bits per heavy atom. The van der Waals surface area contributed by atoms with E-state index < -0.39 is 0 Å².